The fourth-order valence-corrected chi connectivity index (χ4v) is 1.43. The van der Waals surface area contributed by atoms with Gasteiger partial charge in [0.2, 0.25) is 5.76 Å². The molecule has 0 radical (unpaired) electrons. The highest BCUT2D eigenvalue weighted by atomic mass is 16.5. The van der Waals surface area contributed by atoms with Crippen LogP contribution < -0.4 is 4.74 Å². The largest absolute Gasteiger partial charge is 0.494 e. The summed E-state index contributed by atoms with van der Waals surface area (Å²) in [6.45, 7) is 2.37. The predicted octanol–water partition coefficient (Wildman–Crippen LogP) is 1.43. The third kappa shape index (κ3) is 1.51. The minimum Gasteiger partial charge on any atom is -0.494 e. The Morgan fingerprint density at radius 1 is 1.40 bits per heavy atom. The summed E-state index contributed by atoms with van der Waals surface area (Å²) in [5, 5.41) is 0. The minimum absolute atomic E-state index is 0.0574. The molecule has 15 heavy (non-hydrogen) atoms. The molecule has 76 valence electrons. The number of ether oxygens (including phenoxy) is 2. The van der Waals surface area contributed by atoms with E-state index in [0.29, 0.717) is 23.5 Å². The molecule has 1 heterocycles. The van der Waals surface area contributed by atoms with E-state index in [-0.39, 0.29) is 5.76 Å². The lowest BCUT2D eigenvalue weighted by Gasteiger charge is -2.02. The van der Waals surface area contributed by atoms with E-state index in [1.165, 1.54) is 0 Å². The van der Waals surface area contributed by atoms with E-state index in [1.54, 1.807) is 24.1 Å². The fraction of sp³-hybridized carbons (Fsp3) is 0.182. The molecule has 1 aromatic carbocycles. The summed E-state index contributed by atoms with van der Waals surface area (Å²) in [5.41, 5.74) is 0.817. The maximum Gasteiger partial charge on any atom is 0.345 e. The standard InChI is InChI=1S/C11H8O4/c1-2-14-7-3-4-8-9(5-7)11(13)15-10(8)6-12/h3-5H,2H2,1H3. The van der Waals surface area contributed by atoms with Crippen LogP contribution in [0.4, 0.5) is 0 Å². The molecule has 0 unspecified atom stereocenters. The Kier molecular flexibility index (Phi) is 2.27. The zero-order valence-electron chi connectivity index (χ0n) is 8.07. The summed E-state index contributed by atoms with van der Waals surface area (Å²) in [5.74, 6) is 1.57. The molecule has 1 aliphatic heterocycles. The number of hydrogen-bond acceptors (Lipinski definition) is 4. The number of carbonyl (C=O) groups excluding carboxylic acids is 2. The highest BCUT2D eigenvalue weighted by molar-refractivity contribution is 6.08. The average molecular weight is 204 g/mol. The number of fused-ring (bicyclic) bond motifs is 1. The van der Waals surface area contributed by atoms with Crippen molar-refractivity contribution in [1.82, 2.24) is 0 Å². The molecule has 1 aromatic rings. The zero-order valence-corrected chi connectivity index (χ0v) is 8.07. The van der Waals surface area contributed by atoms with Crippen LogP contribution in [-0.4, -0.2) is 18.5 Å². The van der Waals surface area contributed by atoms with Gasteiger partial charge < -0.3 is 9.47 Å². The van der Waals surface area contributed by atoms with Crippen LogP contribution in [0.5, 0.6) is 5.75 Å². The van der Waals surface area contributed by atoms with Crippen LogP contribution in [0.2, 0.25) is 0 Å². The number of rotatable bonds is 2. The molecule has 0 bridgehead atoms. The molecule has 2 rings (SSSR count). The number of esters is 1. The molecule has 0 saturated heterocycles. The van der Waals surface area contributed by atoms with Gasteiger partial charge in [-0.3, -0.25) is 0 Å². The van der Waals surface area contributed by atoms with Crippen LogP contribution in [0.3, 0.4) is 0 Å². The van der Waals surface area contributed by atoms with Crippen LogP contribution in [0, 0.1) is 0 Å². The molecule has 0 aliphatic carbocycles. The minimum atomic E-state index is -0.537. The second kappa shape index (κ2) is 3.59. The molecule has 1 aliphatic rings. The smallest absolute Gasteiger partial charge is 0.345 e. The SMILES string of the molecule is CCOc1ccc2c(c1)C(=O)OC2=C=O. The summed E-state index contributed by atoms with van der Waals surface area (Å²) in [6, 6.07) is 4.86. The first-order valence-electron chi connectivity index (χ1n) is 4.50. The number of cyclic esters (lactones) is 1. The van der Waals surface area contributed by atoms with Gasteiger partial charge in [0.15, 0.2) is 5.94 Å². The van der Waals surface area contributed by atoms with Crippen LogP contribution in [0.25, 0.3) is 5.76 Å². The number of hydrogen-bond donors (Lipinski definition) is 0. The van der Waals surface area contributed by atoms with Gasteiger partial charge in [-0.2, -0.15) is 0 Å². The first kappa shape index (κ1) is 9.49. The molecule has 0 spiro atoms. The van der Waals surface area contributed by atoms with Crippen LogP contribution in [0.15, 0.2) is 18.2 Å². The van der Waals surface area contributed by atoms with Crippen molar-refractivity contribution < 1.29 is 19.1 Å². The summed E-state index contributed by atoms with van der Waals surface area (Å²) in [7, 11) is 0. The van der Waals surface area contributed by atoms with E-state index < -0.39 is 5.97 Å². The van der Waals surface area contributed by atoms with E-state index in [2.05, 4.69) is 0 Å². The van der Waals surface area contributed by atoms with E-state index in [4.69, 9.17) is 9.47 Å². The second-order valence-electron chi connectivity index (χ2n) is 2.96. The molecule has 4 heteroatoms. The van der Waals surface area contributed by atoms with E-state index >= 15 is 0 Å². The second-order valence-corrected chi connectivity index (χ2v) is 2.96. The van der Waals surface area contributed by atoms with Gasteiger partial charge in [-0.05, 0) is 25.1 Å². The van der Waals surface area contributed by atoms with E-state index in [1.807, 2.05) is 6.92 Å². The number of benzene rings is 1. The third-order valence-corrected chi connectivity index (χ3v) is 2.05. The molecule has 4 nitrogen and oxygen atoms in total. The van der Waals surface area contributed by atoms with Crippen molar-refractivity contribution >= 4 is 17.7 Å². The average Bonchev–Trinajstić information content (AvgIpc) is 2.56. The lowest BCUT2D eigenvalue weighted by molar-refractivity contribution is 0.0717. The Morgan fingerprint density at radius 3 is 2.87 bits per heavy atom. The predicted molar refractivity (Wildman–Crippen MR) is 52.1 cm³/mol. The Morgan fingerprint density at radius 2 is 2.20 bits per heavy atom. The highest BCUT2D eigenvalue weighted by Gasteiger charge is 2.27. The molecular weight excluding hydrogens is 196 g/mol. The maximum atomic E-state index is 11.3. The lowest BCUT2D eigenvalue weighted by Crippen LogP contribution is -1.96. The van der Waals surface area contributed by atoms with Crippen LogP contribution in [-0.2, 0) is 9.53 Å². The molecule has 0 N–H and O–H groups in total. The van der Waals surface area contributed by atoms with Gasteiger partial charge in [0.05, 0.1) is 12.2 Å². The van der Waals surface area contributed by atoms with Gasteiger partial charge in [0.25, 0.3) is 0 Å². The van der Waals surface area contributed by atoms with Gasteiger partial charge in [0, 0.05) is 5.56 Å². The maximum absolute atomic E-state index is 11.3. The van der Waals surface area contributed by atoms with Crippen molar-refractivity contribution in [1.29, 1.82) is 0 Å². The zero-order chi connectivity index (χ0) is 10.8. The van der Waals surface area contributed by atoms with Crippen molar-refractivity contribution in [2.45, 2.75) is 6.92 Å². The van der Waals surface area contributed by atoms with Crippen molar-refractivity contribution in [3.8, 4) is 5.75 Å². The van der Waals surface area contributed by atoms with Gasteiger partial charge in [0.1, 0.15) is 5.75 Å². The molecule has 0 aromatic heterocycles. The Bertz CT molecular complexity index is 469. The first-order valence-corrected chi connectivity index (χ1v) is 4.50. The van der Waals surface area contributed by atoms with Crippen molar-refractivity contribution in [2.75, 3.05) is 6.61 Å². The van der Waals surface area contributed by atoms with Crippen molar-refractivity contribution in [3.05, 3.63) is 29.3 Å². The van der Waals surface area contributed by atoms with Crippen LogP contribution >= 0.6 is 0 Å². The molecule has 0 amide bonds. The van der Waals surface area contributed by atoms with Crippen LogP contribution in [0.1, 0.15) is 22.8 Å². The lowest BCUT2D eigenvalue weighted by atomic mass is 10.1. The number of carbonyl (C=O) groups is 1. The van der Waals surface area contributed by atoms with Gasteiger partial charge >= 0.3 is 5.97 Å². The Labute approximate surface area is 86.1 Å². The Hall–Kier alpha value is -2.06. The monoisotopic (exact) mass is 204 g/mol. The summed E-state index contributed by atoms with van der Waals surface area (Å²) in [4.78, 5) is 21.8. The fourth-order valence-electron chi connectivity index (χ4n) is 1.43. The highest BCUT2D eigenvalue weighted by Crippen LogP contribution is 2.30. The van der Waals surface area contributed by atoms with E-state index in [0.717, 1.165) is 0 Å². The Balaban J connectivity index is 2.50. The van der Waals surface area contributed by atoms with Crippen molar-refractivity contribution in [2.24, 2.45) is 0 Å². The molecule has 0 fully saturated rings. The third-order valence-electron chi connectivity index (χ3n) is 2.05. The van der Waals surface area contributed by atoms with Gasteiger partial charge in [-0.25, -0.2) is 9.59 Å². The quantitative estimate of drug-likeness (QED) is 0.540. The van der Waals surface area contributed by atoms with Crippen molar-refractivity contribution in [3.63, 3.8) is 0 Å². The summed E-state index contributed by atoms with van der Waals surface area (Å²) < 4.78 is 9.95. The summed E-state index contributed by atoms with van der Waals surface area (Å²) in [6.07, 6.45) is 0. The van der Waals surface area contributed by atoms with Gasteiger partial charge in [-0.1, -0.05) is 0 Å². The normalized spacial score (nSPS) is 13.1. The van der Waals surface area contributed by atoms with Gasteiger partial charge in [-0.15, -0.1) is 0 Å². The topological polar surface area (TPSA) is 52.6 Å². The molecule has 0 saturated carbocycles. The molecule has 0 atom stereocenters. The first-order chi connectivity index (χ1) is 7.26. The molecular formula is C11H8O4. The van der Waals surface area contributed by atoms with E-state index in [9.17, 15) is 9.59 Å². The summed E-state index contributed by atoms with van der Waals surface area (Å²) >= 11 is 0.